The lowest BCUT2D eigenvalue weighted by Crippen LogP contribution is -2.07. The van der Waals surface area contributed by atoms with Crippen LogP contribution in [0.5, 0.6) is 0 Å². The number of alkyl halides is 3. The average molecular weight is 272 g/mol. The molecule has 0 bridgehead atoms. The molecule has 2 rings (SSSR count). The predicted molar refractivity (Wildman–Crippen MR) is 58.6 cm³/mol. The summed E-state index contributed by atoms with van der Waals surface area (Å²) in [7, 11) is 0. The first-order valence-electron chi connectivity index (χ1n) is 5.22. The van der Waals surface area contributed by atoms with Crippen molar-refractivity contribution in [1.82, 2.24) is 9.78 Å². The number of hydrogen-bond donors (Lipinski definition) is 0. The van der Waals surface area contributed by atoms with Crippen LogP contribution >= 0.6 is 0 Å². The van der Waals surface area contributed by atoms with Gasteiger partial charge in [-0.05, 0) is 25.1 Å². The second-order valence-electron chi connectivity index (χ2n) is 3.90. The van der Waals surface area contributed by atoms with Crippen molar-refractivity contribution in [2.24, 2.45) is 0 Å². The zero-order valence-corrected chi connectivity index (χ0v) is 9.70. The Morgan fingerprint density at radius 2 is 1.95 bits per heavy atom. The van der Waals surface area contributed by atoms with Crippen molar-refractivity contribution in [2.45, 2.75) is 13.1 Å². The molecule has 0 atom stereocenters. The van der Waals surface area contributed by atoms with Crippen LogP contribution in [-0.4, -0.2) is 16.1 Å². The van der Waals surface area contributed by atoms with E-state index in [2.05, 4.69) is 5.10 Å². The standard InChI is InChI=1S/C12H8F4N2O/c1-7-4-11(12(14,15)16)17-18(7)9-3-2-8(6-19)10(13)5-9/h2-6H,1H3. The van der Waals surface area contributed by atoms with Crippen molar-refractivity contribution in [3.8, 4) is 5.69 Å². The summed E-state index contributed by atoms with van der Waals surface area (Å²) in [5, 5.41) is 3.38. The molecule has 0 aliphatic heterocycles. The maximum atomic E-state index is 13.4. The second-order valence-corrected chi connectivity index (χ2v) is 3.90. The quantitative estimate of drug-likeness (QED) is 0.621. The van der Waals surface area contributed by atoms with E-state index in [4.69, 9.17) is 0 Å². The number of aryl methyl sites for hydroxylation is 1. The Labute approximate surface area is 105 Å². The third kappa shape index (κ3) is 2.49. The van der Waals surface area contributed by atoms with Gasteiger partial charge in [0.25, 0.3) is 0 Å². The number of halogens is 4. The van der Waals surface area contributed by atoms with Gasteiger partial charge in [-0.1, -0.05) is 0 Å². The number of nitrogens with zero attached hydrogens (tertiary/aromatic N) is 2. The van der Waals surface area contributed by atoms with Crippen molar-refractivity contribution in [3.05, 3.63) is 47.0 Å². The molecule has 3 nitrogen and oxygen atoms in total. The van der Waals surface area contributed by atoms with Crippen LogP contribution in [0.15, 0.2) is 24.3 Å². The summed E-state index contributed by atoms with van der Waals surface area (Å²) < 4.78 is 51.9. The number of carbonyl (C=O) groups excluding carboxylic acids is 1. The normalized spacial score (nSPS) is 11.6. The van der Waals surface area contributed by atoms with Crippen LogP contribution in [0.2, 0.25) is 0 Å². The lowest BCUT2D eigenvalue weighted by atomic mass is 10.2. The molecule has 0 N–H and O–H groups in total. The van der Waals surface area contributed by atoms with Crippen molar-refractivity contribution >= 4 is 6.29 Å². The summed E-state index contributed by atoms with van der Waals surface area (Å²) in [6.07, 6.45) is -4.23. The highest BCUT2D eigenvalue weighted by molar-refractivity contribution is 5.75. The minimum absolute atomic E-state index is 0.121. The first-order valence-corrected chi connectivity index (χ1v) is 5.22. The van der Waals surface area contributed by atoms with Gasteiger partial charge < -0.3 is 0 Å². The second kappa shape index (κ2) is 4.49. The molecule has 0 aliphatic carbocycles. The maximum absolute atomic E-state index is 13.4. The lowest BCUT2D eigenvalue weighted by molar-refractivity contribution is -0.141. The molecule has 1 aromatic heterocycles. The van der Waals surface area contributed by atoms with Crippen molar-refractivity contribution < 1.29 is 22.4 Å². The molecule has 0 spiro atoms. The molecule has 0 radical (unpaired) electrons. The Balaban J connectivity index is 2.50. The Kier molecular flexibility index (Phi) is 3.13. The van der Waals surface area contributed by atoms with Gasteiger partial charge in [-0.25, -0.2) is 9.07 Å². The van der Waals surface area contributed by atoms with Crippen LogP contribution in [0.4, 0.5) is 17.6 Å². The highest BCUT2D eigenvalue weighted by Crippen LogP contribution is 2.29. The Bertz CT molecular complexity index is 631. The molecule has 0 unspecified atom stereocenters. The van der Waals surface area contributed by atoms with Gasteiger partial charge in [0.15, 0.2) is 12.0 Å². The van der Waals surface area contributed by atoms with Gasteiger partial charge in [-0.3, -0.25) is 4.79 Å². The van der Waals surface area contributed by atoms with E-state index in [0.29, 0.717) is 6.29 Å². The van der Waals surface area contributed by atoms with Crippen LogP contribution in [0.1, 0.15) is 21.7 Å². The SMILES string of the molecule is Cc1cc(C(F)(F)F)nn1-c1ccc(C=O)c(F)c1. The van der Waals surface area contributed by atoms with Gasteiger partial charge >= 0.3 is 6.18 Å². The van der Waals surface area contributed by atoms with Crippen molar-refractivity contribution in [2.75, 3.05) is 0 Å². The molecule has 100 valence electrons. The predicted octanol–water partition coefficient (Wildman–Crippen LogP) is 3.15. The van der Waals surface area contributed by atoms with Crippen molar-refractivity contribution in [1.29, 1.82) is 0 Å². The zero-order valence-electron chi connectivity index (χ0n) is 9.70. The van der Waals surface area contributed by atoms with Gasteiger partial charge in [-0.15, -0.1) is 0 Å². The monoisotopic (exact) mass is 272 g/mol. The van der Waals surface area contributed by atoms with Crippen molar-refractivity contribution in [3.63, 3.8) is 0 Å². The number of aromatic nitrogens is 2. The number of benzene rings is 1. The van der Waals surface area contributed by atoms with Crippen LogP contribution in [0.25, 0.3) is 5.69 Å². The summed E-state index contributed by atoms with van der Waals surface area (Å²) >= 11 is 0. The Hall–Kier alpha value is -2.18. The number of carbonyl (C=O) groups is 1. The minimum Gasteiger partial charge on any atom is -0.298 e. The summed E-state index contributed by atoms with van der Waals surface area (Å²) in [6.45, 7) is 1.42. The molecule has 1 aromatic carbocycles. The van der Waals surface area contributed by atoms with Gasteiger partial charge in [0, 0.05) is 11.8 Å². The van der Waals surface area contributed by atoms with Crippen LogP contribution in [0, 0.1) is 12.7 Å². The van der Waals surface area contributed by atoms with Gasteiger partial charge in [0.1, 0.15) is 5.82 Å². The maximum Gasteiger partial charge on any atom is 0.435 e. The smallest absolute Gasteiger partial charge is 0.298 e. The highest BCUT2D eigenvalue weighted by atomic mass is 19.4. The van der Waals surface area contributed by atoms with E-state index in [-0.39, 0.29) is 16.9 Å². The van der Waals surface area contributed by atoms with Gasteiger partial charge in [0.05, 0.1) is 11.3 Å². The fourth-order valence-corrected chi connectivity index (χ4v) is 1.62. The molecule has 0 saturated heterocycles. The van der Waals surface area contributed by atoms with E-state index in [9.17, 15) is 22.4 Å². The molecule has 0 aliphatic rings. The fourth-order valence-electron chi connectivity index (χ4n) is 1.62. The lowest BCUT2D eigenvalue weighted by Gasteiger charge is -2.05. The average Bonchev–Trinajstić information content (AvgIpc) is 2.71. The van der Waals surface area contributed by atoms with E-state index >= 15 is 0 Å². The van der Waals surface area contributed by atoms with E-state index in [1.807, 2.05) is 0 Å². The molecule has 1 heterocycles. The van der Waals surface area contributed by atoms with E-state index in [0.717, 1.165) is 16.8 Å². The Morgan fingerprint density at radius 3 is 2.42 bits per heavy atom. The summed E-state index contributed by atoms with van der Waals surface area (Å²) in [5.74, 6) is -0.809. The third-order valence-electron chi connectivity index (χ3n) is 2.53. The largest absolute Gasteiger partial charge is 0.435 e. The molecule has 0 fully saturated rings. The number of hydrogen-bond acceptors (Lipinski definition) is 2. The summed E-state index contributed by atoms with van der Waals surface area (Å²) in [5.41, 5.74) is -0.879. The number of rotatable bonds is 2. The third-order valence-corrected chi connectivity index (χ3v) is 2.53. The molecule has 7 heteroatoms. The minimum atomic E-state index is -4.56. The van der Waals surface area contributed by atoms with E-state index < -0.39 is 17.7 Å². The fraction of sp³-hybridized carbons (Fsp3) is 0.167. The zero-order chi connectivity index (χ0) is 14.2. The first kappa shape index (κ1) is 13.3. The highest BCUT2D eigenvalue weighted by Gasteiger charge is 2.34. The molecule has 19 heavy (non-hydrogen) atoms. The molecule has 0 amide bonds. The molecule has 0 saturated carbocycles. The van der Waals surface area contributed by atoms with Crippen LogP contribution in [-0.2, 0) is 6.18 Å². The van der Waals surface area contributed by atoms with Gasteiger partial charge in [-0.2, -0.15) is 18.3 Å². The summed E-state index contributed by atoms with van der Waals surface area (Å²) in [6, 6.07) is 4.34. The van der Waals surface area contributed by atoms with Gasteiger partial charge in [0.2, 0.25) is 0 Å². The Morgan fingerprint density at radius 1 is 1.26 bits per heavy atom. The van der Waals surface area contributed by atoms with E-state index in [1.54, 1.807) is 0 Å². The van der Waals surface area contributed by atoms with Crippen LogP contribution in [0.3, 0.4) is 0 Å². The molecule has 2 aromatic rings. The molecular weight excluding hydrogens is 264 g/mol. The topological polar surface area (TPSA) is 34.9 Å². The first-order chi connectivity index (χ1) is 8.82. The number of aldehydes is 1. The van der Waals surface area contributed by atoms with E-state index in [1.165, 1.54) is 19.1 Å². The van der Waals surface area contributed by atoms with Crippen LogP contribution < -0.4 is 0 Å². The summed E-state index contributed by atoms with van der Waals surface area (Å²) in [4.78, 5) is 10.5. The molecular formula is C12H8F4N2O.